The van der Waals surface area contributed by atoms with Crippen molar-refractivity contribution in [3.05, 3.63) is 24.3 Å². The first-order valence-electron chi connectivity index (χ1n) is 6.61. The van der Waals surface area contributed by atoms with Crippen molar-refractivity contribution < 1.29 is 9.59 Å². The zero-order valence-electron chi connectivity index (χ0n) is 10.7. The van der Waals surface area contributed by atoms with Crippen LogP contribution in [0.1, 0.15) is 19.3 Å². The molecule has 2 aliphatic heterocycles. The van der Waals surface area contributed by atoms with Crippen LogP contribution < -0.4 is 15.5 Å². The van der Waals surface area contributed by atoms with Crippen molar-refractivity contribution in [1.29, 1.82) is 0 Å². The molecule has 1 unspecified atom stereocenters. The summed E-state index contributed by atoms with van der Waals surface area (Å²) in [5.74, 6) is 0.240. The third kappa shape index (κ3) is 2.21. The first-order valence-corrected chi connectivity index (χ1v) is 6.61. The lowest BCUT2D eigenvalue weighted by atomic mass is 10.2. The van der Waals surface area contributed by atoms with Crippen LogP contribution in [-0.4, -0.2) is 30.9 Å². The van der Waals surface area contributed by atoms with Crippen LogP contribution in [0.25, 0.3) is 0 Å². The lowest BCUT2D eigenvalue weighted by Crippen LogP contribution is -2.28. The van der Waals surface area contributed by atoms with E-state index in [0.29, 0.717) is 19.4 Å². The highest BCUT2D eigenvalue weighted by Crippen LogP contribution is 2.26. The van der Waals surface area contributed by atoms with Crippen molar-refractivity contribution >= 4 is 23.2 Å². The number of nitrogens with zero attached hydrogens (tertiary/aromatic N) is 2. The van der Waals surface area contributed by atoms with Crippen LogP contribution in [0.3, 0.4) is 0 Å². The molecule has 1 aromatic rings. The quantitative estimate of drug-likeness (QED) is 0.857. The second-order valence-corrected chi connectivity index (χ2v) is 5.13. The smallest absolute Gasteiger partial charge is 0.228 e. The monoisotopic (exact) mass is 259 g/mol. The highest BCUT2D eigenvalue weighted by Gasteiger charge is 2.28. The van der Waals surface area contributed by atoms with Gasteiger partial charge in [0, 0.05) is 43.3 Å². The molecule has 1 atom stereocenters. The maximum Gasteiger partial charge on any atom is 0.228 e. The number of carbonyl (C=O) groups excluding carboxylic acids is 2. The molecule has 100 valence electrons. The number of hydrogen-bond donors (Lipinski definition) is 1. The average molecular weight is 259 g/mol. The van der Waals surface area contributed by atoms with E-state index in [2.05, 4.69) is 0 Å². The van der Waals surface area contributed by atoms with Gasteiger partial charge in [-0.15, -0.1) is 0 Å². The van der Waals surface area contributed by atoms with Crippen molar-refractivity contribution in [3.8, 4) is 0 Å². The molecule has 0 bridgehead atoms. The number of anilines is 2. The van der Waals surface area contributed by atoms with Gasteiger partial charge in [-0.2, -0.15) is 0 Å². The summed E-state index contributed by atoms with van der Waals surface area (Å²) < 4.78 is 0. The fourth-order valence-corrected chi connectivity index (χ4v) is 2.72. The minimum atomic E-state index is -0.0765. The third-order valence-electron chi connectivity index (χ3n) is 3.70. The molecule has 0 aromatic heterocycles. The summed E-state index contributed by atoms with van der Waals surface area (Å²) in [6.45, 7) is 1.35. The Morgan fingerprint density at radius 3 is 2.11 bits per heavy atom. The van der Waals surface area contributed by atoms with E-state index in [9.17, 15) is 9.59 Å². The number of nitrogens with two attached hydrogens (primary N) is 1. The average Bonchev–Trinajstić information content (AvgIpc) is 2.96. The second kappa shape index (κ2) is 4.66. The van der Waals surface area contributed by atoms with E-state index in [4.69, 9.17) is 5.73 Å². The Kier molecular flexibility index (Phi) is 2.98. The fraction of sp³-hybridized carbons (Fsp3) is 0.429. The van der Waals surface area contributed by atoms with Crippen molar-refractivity contribution in [1.82, 2.24) is 0 Å². The van der Waals surface area contributed by atoms with Crippen LogP contribution in [0.4, 0.5) is 11.4 Å². The number of hydrogen-bond acceptors (Lipinski definition) is 3. The summed E-state index contributed by atoms with van der Waals surface area (Å²) in [6.07, 6.45) is 1.95. The number of amides is 2. The Morgan fingerprint density at radius 2 is 1.63 bits per heavy atom. The van der Waals surface area contributed by atoms with Gasteiger partial charge < -0.3 is 15.5 Å². The second-order valence-electron chi connectivity index (χ2n) is 5.13. The maximum atomic E-state index is 11.8. The molecule has 2 saturated heterocycles. The molecular formula is C14H17N3O2. The standard InChI is InChI=1S/C14H17N3O2/c15-10-8-14(19)17(9-10)12-5-3-11(4-6-12)16-7-1-2-13(16)18/h3-6,10H,1-2,7-9,15H2. The Labute approximate surface area is 112 Å². The summed E-state index contributed by atoms with van der Waals surface area (Å²) >= 11 is 0. The molecule has 5 heteroatoms. The molecule has 19 heavy (non-hydrogen) atoms. The van der Waals surface area contributed by atoms with E-state index >= 15 is 0 Å². The number of rotatable bonds is 2. The van der Waals surface area contributed by atoms with Gasteiger partial charge in [0.15, 0.2) is 0 Å². The third-order valence-corrected chi connectivity index (χ3v) is 3.70. The van der Waals surface area contributed by atoms with Crippen LogP contribution >= 0.6 is 0 Å². The molecule has 0 radical (unpaired) electrons. The van der Waals surface area contributed by atoms with Gasteiger partial charge in [-0.1, -0.05) is 0 Å². The molecule has 2 aliphatic rings. The molecule has 3 rings (SSSR count). The van der Waals surface area contributed by atoms with Crippen LogP contribution in [0, 0.1) is 0 Å². The highest BCUT2D eigenvalue weighted by atomic mass is 16.2. The Hall–Kier alpha value is -1.88. The predicted octanol–water partition coefficient (Wildman–Crippen LogP) is 0.877. The van der Waals surface area contributed by atoms with Gasteiger partial charge in [-0.05, 0) is 30.7 Å². The van der Waals surface area contributed by atoms with Crippen LogP contribution in [0.15, 0.2) is 24.3 Å². The van der Waals surface area contributed by atoms with Crippen molar-refractivity contribution in [2.45, 2.75) is 25.3 Å². The van der Waals surface area contributed by atoms with Gasteiger partial charge in [-0.3, -0.25) is 9.59 Å². The van der Waals surface area contributed by atoms with E-state index < -0.39 is 0 Å². The first kappa shape index (κ1) is 12.2. The largest absolute Gasteiger partial charge is 0.326 e. The predicted molar refractivity (Wildman–Crippen MR) is 73.0 cm³/mol. The van der Waals surface area contributed by atoms with E-state index in [-0.39, 0.29) is 17.9 Å². The fourth-order valence-electron chi connectivity index (χ4n) is 2.72. The number of carbonyl (C=O) groups is 2. The molecule has 0 aliphatic carbocycles. The van der Waals surface area contributed by atoms with Crippen LogP contribution in [0.5, 0.6) is 0 Å². The van der Waals surface area contributed by atoms with Gasteiger partial charge in [-0.25, -0.2) is 0 Å². The summed E-state index contributed by atoms with van der Waals surface area (Å²) in [6, 6.07) is 7.49. The zero-order valence-corrected chi connectivity index (χ0v) is 10.7. The van der Waals surface area contributed by atoms with Crippen molar-refractivity contribution in [2.24, 2.45) is 5.73 Å². The van der Waals surface area contributed by atoms with E-state index in [1.807, 2.05) is 24.3 Å². The Morgan fingerprint density at radius 1 is 1.00 bits per heavy atom. The Bertz CT molecular complexity index is 512. The molecule has 2 heterocycles. The van der Waals surface area contributed by atoms with Gasteiger partial charge in [0.25, 0.3) is 0 Å². The summed E-state index contributed by atoms with van der Waals surface area (Å²) in [5, 5.41) is 0. The molecule has 1 aromatic carbocycles. The SMILES string of the molecule is NC1CC(=O)N(c2ccc(N3CCCC3=O)cc2)C1. The summed E-state index contributed by atoms with van der Waals surface area (Å²) in [5.41, 5.74) is 7.54. The molecular weight excluding hydrogens is 242 g/mol. The molecule has 5 nitrogen and oxygen atoms in total. The minimum absolute atomic E-state index is 0.0671. The summed E-state index contributed by atoms with van der Waals surface area (Å²) in [4.78, 5) is 26.9. The minimum Gasteiger partial charge on any atom is -0.326 e. The lowest BCUT2D eigenvalue weighted by Gasteiger charge is -2.19. The molecule has 2 N–H and O–H groups in total. The van der Waals surface area contributed by atoms with Gasteiger partial charge in [0.05, 0.1) is 0 Å². The zero-order chi connectivity index (χ0) is 13.4. The van der Waals surface area contributed by atoms with E-state index in [1.165, 1.54) is 0 Å². The highest BCUT2D eigenvalue weighted by molar-refractivity contribution is 5.98. The lowest BCUT2D eigenvalue weighted by molar-refractivity contribution is -0.117. The molecule has 0 spiro atoms. The van der Waals surface area contributed by atoms with Crippen molar-refractivity contribution in [3.63, 3.8) is 0 Å². The van der Waals surface area contributed by atoms with Gasteiger partial charge in [0.1, 0.15) is 0 Å². The molecule has 2 fully saturated rings. The number of benzene rings is 1. The van der Waals surface area contributed by atoms with E-state index in [0.717, 1.165) is 24.3 Å². The van der Waals surface area contributed by atoms with Crippen LogP contribution in [-0.2, 0) is 9.59 Å². The molecule has 2 amide bonds. The van der Waals surface area contributed by atoms with Crippen molar-refractivity contribution in [2.75, 3.05) is 22.9 Å². The normalized spacial score (nSPS) is 23.5. The van der Waals surface area contributed by atoms with Gasteiger partial charge >= 0.3 is 0 Å². The maximum absolute atomic E-state index is 11.8. The van der Waals surface area contributed by atoms with Gasteiger partial charge in [0.2, 0.25) is 11.8 Å². The first-order chi connectivity index (χ1) is 9.15. The topological polar surface area (TPSA) is 66.6 Å². The van der Waals surface area contributed by atoms with Crippen LogP contribution in [0.2, 0.25) is 0 Å². The summed E-state index contributed by atoms with van der Waals surface area (Å²) in [7, 11) is 0. The van der Waals surface area contributed by atoms with E-state index in [1.54, 1.807) is 9.80 Å². The molecule has 0 saturated carbocycles. The Balaban J connectivity index is 1.79.